The van der Waals surface area contributed by atoms with Gasteiger partial charge < -0.3 is 25.4 Å². The Hall–Kier alpha value is -2.90. The van der Waals surface area contributed by atoms with Crippen LogP contribution in [-0.4, -0.2) is 46.2 Å². The average molecular weight is 455 g/mol. The van der Waals surface area contributed by atoms with Crippen molar-refractivity contribution in [3.63, 3.8) is 0 Å². The molecule has 0 saturated carbocycles. The van der Waals surface area contributed by atoms with Crippen molar-refractivity contribution in [2.45, 2.75) is 26.2 Å². The first-order chi connectivity index (χ1) is 16.1. The van der Waals surface area contributed by atoms with Crippen LogP contribution in [0.25, 0.3) is 5.70 Å². The maximum atomic E-state index is 15.0. The van der Waals surface area contributed by atoms with Crippen LogP contribution in [0.3, 0.4) is 0 Å². The van der Waals surface area contributed by atoms with Gasteiger partial charge in [-0.25, -0.2) is 4.39 Å². The number of halogens is 1. The number of ether oxygens (including phenoxy) is 2. The number of hydrogen-bond acceptors (Lipinski definition) is 6. The largest absolute Gasteiger partial charge is 0.492 e. The topological polar surface area (TPSA) is 66.9 Å². The molecular formula is C26H35FN4O2. The number of aliphatic imine (C=N–C) groups is 1. The van der Waals surface area contributed by atoms with Crippen molar-refractivity contribution in [3.05, 3.63) is 54.4 Å². The molecule has 3 rings (SSSR count). The summed E-state index contributed by atoms with van der Waals surface area (Å²) in [6.45, 7) is 9.66. The zero-order valence-corrected chi connectivity index (χ0v) is 19.6. The van der Waals surface area contributed by atoms with Crippen LogP contribution in [0.4, 0.5) is 21.5 Å². The van der Waals surface area contributed by atoms with Gasteiger partial charge in [-0.05, 0) is 63.4 Å². The lowest BCUT2D eigenvalue weighted by atomic mass is 9.97. The van der Waals surface area contributed by atoms with Crippen LogP contribution < -0.4 is 20.7 Å². The molecule has 178 valence electrons. The van der Waals surface area contributed by atoms with E-state index in [1.807, 2.05) is 31.3 Å². The van der Waals surface area contributed by atoms with Crippen molar-refractivity contribution in [2.75, 3.05) is 50.6 Å². The van der Waals surface area contributed by atoms with Crippen molar-refractivity contribution in [3.8, 4) is 5.75 Å². The zero-order chi connectivity index (χ0) is 23.5. The van der Waals surface area contributed by atoms with Crippen LogP contribution in [0.5, 0.6) is 5.75 Å². The summed E-state index contributed by atoms with van der Waals surface area (Å²) in [6, 6.07) is 11.0. The molecule has 1 aliphatic heterocycles. The second kappa shape index (κ2) is 13.0. The van der Waals surface area contributed by atoms with E-state index in [0.717, 1.165) is 56.3 Å². The lowest BCUT2D eigenvalue weighted by Crippen LogP contribution is -2.18. The number of anilines is 2. The first-order valence-corrected chi connectivity index (χ1v) is 11.6. The van der Waals surface area contributed by atoms with E-state index >= 15 is 0 Å². The number of nitrogens with one attached hydrogen (secondary N) is 3. The fourth-order valence-electron chi connectivity index (χ4n) is 3.83. The quantitative estimate of drug-likeness (QED) is 0.294. The molecule has 0 unspecified atom stereocenters. The van der Waals surface area contributed by atoms with Crippen LogP contribution in [0, 0.1) is 11.7 Å². The van der Waals surface area contributed by atoms with E-state index in [4.69, 9.17) is 9.47 Å². The van der Waals surface area contributed by atoms with Crippen LogP contribution in [0.15, 0.2) is 48.0 Å². The fraction of sp³-hybridized carbons (Fsp3) is 0.423. The molecule has 1 saturated heterocycles. The molecule has 2 aromatic carbocycles. The van der Waals surface area contributed by atoms with Gasteiger partial charge in [-0.1, -0.05) is 6.58 Å². The molecule has 0 bridgehead atoms. The normalized spacial score (nSPS) is 14.4. The number of likely N-dealkylation sites (N-methyl/N-ethyl adjacent to an activating group) is 1. The predicted molar refractivity (Wildman–Crippen MR) is 135 cm³/mol. The van der Waals surface area contributed by atoms with Gasteiger partial charge in [-0.15, -0.1) is 0 Å². The highest BCUT2D eigenvalue weighted by Gasteiger charge is 2.15. The third-order valence-electron chi connectivity index (χ3n) is 5.64. The predicted octanol–water partition coefficient (Wildman–Crippen LogP) is 5.46. The van der Waals surface area contributed by atoms with Gasteiger partial charge in [0.15, 0.2) is 0 Å². The highest BCUT2D eigenvalue weighted by molar-refractivity contribution is 5.83. The Labute approximate surface area is 196 Å². The van der Waals surface area contributed by atoms with E-state index in [0.29, 0.717) is 35.8 Å². The molecule has 1 aliphatic rings. The smallest absolute Gasteiger partial charge is 0.138 e. The van der Waals surface area contributed by atoms with Gasteiger partial charge >= 0.3 is 0 Å². The van der Waals surface area contributed by atoms with Gasteiger partial charge in [0, 0.05) is 61.7 Å². The molecule has 7 heteroatoms. The fourth-order valence-corrected chi connectivity index (χ4v) is 3.83. The molecular weight excluding hydrogens is 419 g/mol. The van der Waals surface area contributed by atoms with Gasteiger partial charge in [-0.2, -0.15) is 0 Å². The molecule has 0 amide bonds. The van der Waals surface area contributed by atoms with E-state index in [1.165, 1.54) is 6.07 Å². The Kier molecular flexibility index (Phi) is 9.72. The average Bonchev–Trinajstić information content (AvgIpc) is 2.81. The Morgan fingerprint density at radius 1 is 1.18 bits per heavy atom. The number of rotatable bonds is 12. The van der Waals surface area contributed by atoms with Crippen molar-refractivity contribution in [1.82, 2.24) is 5.32 Å². The summed E-state index contributed by atoms with van der Waals surface area (Å²) in [5.41, 5.74) is 3.13. The Bertz CT molecular complexity index is 925. The third-order valence-corrected chi connectivity index (χ3v) is 5.64. The van der Waals surface area contributed by atoms with Crippen molar-refractivity contribution >= 4 is 29.0 Å². The Morgan fingerprint density at radius 2 is 1.91 bits per heavy atom. The molecule has 1 heterocycles. The van der Waals surface area contributed by atoms with E-state index in [9.17, 15) is 4.39 Å². The Morgan fingerprint density at radius 3 is 2.61 bits per heavy atom. The minimum Gasteiger partial charge on any atom is -0.492 e. The molecule has 0 aliphatic carbocycles. The number of hydrogen-bond donors (Lipinski definition) is 3. The highest BCUT2D eigenvalue weighted by Crippen LogP contribution is 2.33. The second-order valence-corrected chi connectivity index (χ2v) is 8.09. The summed E-state index contributed by atoms with van der Waals surface area (Å²) in [5, 5.41) is 9.68. The standard InChI is InChI=1S/C26H35FN4O2/c1-4-29-25-18-23(33-16-13-28-3)17-24(27)26(25)19(2)31-22-7-5-21(6-8-22)30-12-9-20-10-14-32-15-11-20/h4-8,17-18,20,28,30-31H,2,9-16H2,1,3H3. The van der Waals surface area contributed by atoms with Crippen molar-refractivity contribution < 1.29 is 13.9 Å². The molecule has 2 aromatic rings. The SMILES string of the molecule is C=C(Nc1ccc(NCCC2CCOCC2)cc1)c1c(F)cc(OCCNC)cc1N=CC. The summed E-state index contributed by atoms with van der Waals surface area (Å²) >= 11 is 0. The van der Waals surface area contributed by atoms with Crippen LogP contribution >= 0.6 is 0 Å². The Balaban J connectivity index is 1.60. The molecule has 1 fully saturated rings. The third kappa shape index (κ3) is 7.58. The van der Waals surface area contributed by atoms with Crippen molar-refractivity contribution in [1.29, 1.82) is 0 Å². The van der Waals surface area contributed by atoms with Crippen LogP contribution in [0.1, 0.15) is 31.7 Å². The molecule has 0 aromatic heterocycles. The minimum absolute atomic E-state index is 0.327. The number of nitrogens with zero attached hydrogens (tertiary/aromatic N) is 1. The van der Waals surface area contributed by atoms with Crippen molar-refractivity contribution in [2.24, 2.45) is 10.9 Å². The molecule has 3 N–H and O–H groups in total. The molecule has 0 radical (unpaired) electrons. The summed E-state index contributed by atoms with van der Waals surface area (Å²) in [6.07, 6.45) is 5.07. The monoisotopic (exact) mass is 454 g/mol. The molecule has 6 nitrogen and oxygen atoms in total. The summed E-state index contributed by atoms with van der Waals surface area (Å²) in [4.78, 5) is 4.33. The number of benzene rings is 2. The van der Waals surface area contributed by atoms with E-state index < -0.39 is 5.82 Å². The first-order valence-electron chi connectivity index (χ1n) is 11.6. The molecule has 33 heavy (non-hydrogen) atoms. The van der Waals surface area contributed by atoms with Gasteiger partial charge in [0.2, 0.25) is 0 Å². The van der Waals surface area contributed by atoms with E-state index in [-0.39, 0.29) is 0 Å². The lowest BCUT2D eigenvalue weighted by molar-refractivity contribution is 0.0649. The molecule has 0 atom stereocenters. The van der Waals surface area contributed by atoms with E-state index in [2.05, 4.69) is 27.5 Å². The van der Waals surface area contributed by atoms with Gasteiger partial charge in [0.1, 0.15) is 18.2 Å². The zero-order valence-electron chi connectivity index (χ0n) is 19.6. The first kappa shape index (κ1) is 24.7. The van der Waals surface area contributed by atoms with Crippen LogP contribution in [0.2, 0.25) is 0 Å². The minimum atomic E-state index is -0.429. The maximum absolute atomic E-state index is 15.0. The summed E-state index contributed by atoms with van der Waals surface area (Å²) < 4.78 is 26.0. The van der Waals surface area contributed by atoms with Gasteiger partial charge in [0.25, 0.3) is 0 Å². The summed E-state index contributed by atoms with van der Waals surface area (Å²) in [5.74, 6) is 0.753. The van der Waals surface area contributed by atoms with Gasteiger partial charge in [-0.3, -0.25) is 4.99 Å². The second-order valence-electron chi connectivity index (χ2n) is 8.09. The molecule has 0 spiro atoms. The van der Waals surface area contributed by atoms with Gasteiger partial charge in [0.05, 0.1) is 11.3 Å². The van der Waals surface area contributed by atoms with Crippen LogP contribution in [-0.2, 0) is 4.74 Å². The summed E-state index contributed by atoms with van der Waals surface area (Å²) in [7, 11) is 1.84. The van der Waals surface area contributed by atoms with E-state index in [1.54, 1.807) is 19.2 Å². The maximum Gasteiger partial charge on any atom is 0.138 e. The lowest BCUT2D eigenvalue weighted by Gasteiger charge is -2.22. The highest BCUT2D eigenvalue weighted by atomic mass is 19.1.